The first-order valence-corrected chi connectivity index (χ1v) is 9.99. The quantitative estimate of drug-likeness (QED) is 0.237. The molecule has 0 spiro atoms. The van der Waals surface area contributed by atoms with Crippen molar-refractivity contribution in [3.8, 4) is 0 Å². The zero-order valence-corrected chi connectivity index (χ0v) is 17.6. The molecule has 3 aromatic rings. The summed E-state index contributed by atoms with van der Waals surface area (Å²) in [6.45, 7) is -0.673. The van der Waals surface area contributed by atoms with E-state index in [9.17, 15) is 29.3 Å². The molecule has 33 heavy (non-hydrogen) atoms. The summed E-state index contributed by atoms with van der Waals surface area (Å²) in [5, 5.41) is 12.6. The molecule has 9 nitrogen and oxygen atoms in total. The van der Waals surface area contributed by atoms with E-state index in [1.165, 1.54) is 42.5 Å². The molecule has 0 saturated heterocycles. The number of fused-ring (bicyclic) bond motifs is 1. The van der Waals surface area contributed by atoms with E-state index >= 15 is 0 Å². The van der Waals surface area contributed by atoms with E-state index in [0.717, 1.165) is 6.07 Å². The van der Waals surface area contributed by atoms with Crippen LogP contribution in [0.3, 0.4) is 0 Å². The highest BCUT2D eigenvalue weighted by molar-refractivity contribution is 6.34. The van der Waals surface area contributed by atoms with E-state index in [2.05, 4.69) is 0 Å². The van der Waals surface area contributed by atoms with Crippen LogP contribution in [0.4, 0.5) is 5.69 Å². The fraction of sp³-hybridized carbons (Fsp3) is 0.0435. The first-order valence-electron chi connectivity index (χ1n) is 9.62. The van der Waals surface area contributed by atoms with E-state index < -0.39 is 46.2 Å². The Morgan fingerprint density at radius 1 is 0.909 bits per heavy atom. The second-order valence-electron chi connectivity index (χ2n) is 7.01. The Hall–Kier alpha value is -4.37. The van der Waals surface area contributed by atoms with Crippen molar-refractivity contribution < 1.29 is 24.1 Å². The van der Waals surface area contributed by atoms with Crippen LogP contribution in [0.15, 0.2) is 72.8 Å². The van der Waals surface area contributed by atoms with Crippen LogP contribution in [0, 0.1) is 10.1 Å². The predicted octanol–water partition coefficient (Wildman–Crippen LogP) is 3.78. The number of nitro groups is 1. The average Bonchev–Trinajstić information content (AvgIpc) is 3.07. The number of Topliss-reactive ketones (excluding diaryl/α,β-unsaturated/α-hetero) is 1. The summed E-state index contributed by atoms with van der Waals surface area (Å²) in [6.07, 6.45) is 0. The van der Waals surface area contributed by atoms with Crippen LogP contribution in [0.25, 0.3) is 0 Å². The molecule has 3 aromatic carbocycles. The van der Waals surface area contributed by atoms with Gasteiger partial charge in [-0.15, -0.1) is 0 Å². The number of hydrazine groups is 1. The van der Waals surface area contributed by atoms with Gasteiger partial charge in [0.2, 0.25) is 0 Å². The first kappa shape index (κ1) is 21.8. The molecule has 0 fully saturated rings. The summed E-state index contributed by atoms with van der Waals surface area (Å²) in [6, 6.07) is 17.5. The van der Waals surface area contributed by atoms with Gasteiger partial charge in [-0.05, 0) is 18.2 Å². The third kappa shape index (κ3) is 3.85. The Labute approximate surface area is 191 Å². The van der Waals surface area contributed by atoms with E-state index in [1.807, 2.05) is 0 Å². The largest absolute Gasteiger partial charge is 0.292 e. The third-order valence-electron chi connectivity index (χ3n) is 5.04. The number of halogens is 1. The lowest BCUT2D eigenvalue weighted by atomic mass is 10.1. The Balaban J connectivity index is 1.80. The maximum Gasteiger partial charge on any atom is 0.287 e. The number of ketones is 1. The minimum Gasteiger partial charge on any atom is -0.292 e. The molecule has 10 heteroatoms. The van der Waals surface area contributed by atoms with E-state index in [0.29, 0.717) is 10.0 Å². The van der Waals surface area contributed by atoms with Gasteiger partial charge in [0.05, 0.1) is 21.1 Å². The summed E-state index contributed by atoms with van der Waals surface area (Å²) >= 11 is 6.14. The van der Waals surface area contributed by atoms with Crippen molar-refractivity contribution in [3.05, 3.63) is 110 Å². The van der Waals surface area contributed by atoms with Crippen molar-refractivity contribution in [2.45, 2.75) is 0 Å². The molecule has 0 unspecified atom stereocenters. The lowest BCUT2D eigenvalue weighted by Gasteiger charge is -2.29. The number of imide groups is 1. The fourth-order valence-corrected chi connectivity index (χ4v) is 3.70. The number of rotatable bonds is 6. The van der Waals surface area contributed by atoms with Gasteiger partial charge in [0.1, 0.15) is 12.1 Å². The highest BCUT2D eigenvalue weighted by atomic mass is 35.5. The highest BCUT2D eigenvalue weighted by Gasteiger charge is 2.46. The van der Waals surface area contributed by atoms with Crippen LogP contribution in [0.1, 0.15) is 41.4 Å². The third-order valence-corrected chi connectivity index (χ3v) is 5.37. The molecule has 0 radical (unpaired) electrons. The average molecular weight is 464 g/mol. The number of carbonyl (C=O) groups excluding carboxylic acids is 4. The zero-order chi connectivity index (χ0) is 23.7. The van der Waals surface area contributed by atoms with Crippen LogP contribution in [-0.2, 0) is 0 Å². The second kappa shape index (κ2) is 8.64. The van der Waals surface area contributed by atoms with Crippen LogP contribution in [-0.4, -0.2) is 45.0 Å². The van der Waals surface area contributed by atoms with Crippen molar-refractivity contribution in [1.29, 1.82) is 0 Å². The summed E-state index contributed by atoms with van der Waals surface area (Å²) in [7, 11) is 0. The van der Waals surface area contributed by atoms with Crippen molar-refractivity contribution in [2.75, 3.05) is 6.54 Å². The first-order chi connectivity index (χ1) is 15.8. The standard InChI is InChI=1S/C23H14ClN3O6/c24-17-11-5-4-9-15(17)21(29)25(13-19(28)14-7-2-1-3-8-14)26-22(30)16-10-6-12-18(27(32)33)20(16)23(26)31/h1-12H,13H2. The van der Waals surface area contributed by atoms with Crippen LogP contribution >= 0.6 is 11.6 Å². The lowest BCUT2D eigenvalue weighted by molar-refractivity contribution is -0.385. The molecule has 4 rings (SSSR count). The summed E-state index contributed by atoms with van der Waals surface area (Å²) < 4.78 is 0. The summed E-state index contributed by atoms with van der Waals surface area (Å²) in [4.78, 5) is 63.2. The Morgan fingerprint density at radius 2 is 1.58 bits per heavy atom. The van der Waals surface area contributed by atoms with Gasteiger partial charge in [0.25, 0.3) is 23.4 Å². The molecule has 0 aliphatic carbocycles. The maximum atomic E-state index is 13.4. The highest BCUT2D eigenvalue weighted by Crippen LogP contribution is 2.32. The van der Waals surface area contributed by atoms with Gasteiger partial charge in [-0.25, -0.2) is 5.01 Å². The molecule has 3 amide bonds. The van der Waals surface area contributed by atoms with Gasteiger partial charge >= 0.3 is 0 Å². The normalized spacial score (nSPS) is 12.5. The monoisotopic (exact) mass is 463 g/mol. The topological polar surface area (TPSA) is 118 Å². The van der Waals surface area contributed by atoms with Crippen molar-refractivity contribution in [3.63, 3.8) is 0 Å². The van der Waals surface area contributed by atoms with Crippen molar-refractivity contribution >= 4 is 40.8 Å². The number of nitro benzene ring substituents is 1. The Kier molecular flexibility index (Phi) is 5.72. The number of hydrogen-bond acceptors (Lipinski definition) is 6. The van der Waals surface area contributed by atoms with Gasteiger partial charge in [0.15, 0.2) is 5.78 Å². The van der Waals surface area contributed by atoms with E-state index in [1.54, 1.807) is 24.3 Å². The smallest absolute Gasteiger partial charge is 0.287 e. The molecule has 0 atom stereocenters. The van der Waals surface area contributed by atoms with Crippen LogP contribution in [0.2, 0.25) is 5.02 Å². The van der Waals surface area contributed by atoms with E-state index in [4.69, 9.17) is 11.6 Å². The zero-order valence-electron chi connectivity index (χ0n) is 16.8. The molecule has 0 aromatic heterocycles. The Bertz CT molecular complexity index is 1320. The summed E-state index contributed by atoms with van der Waals surface area (Å²) in [5.41, 5.74) is -1.06. The van der Waals surface area contributed by atoms with Crippen molar-refractivity contribution in [1.82, 2.24) is 10.0 Å². The molecular formula is C23H14ClN3O6. The molecule has 1 heterocycles. The van der Waals surface area contributed by atoms with Crippen molar-refractivity contribution in [2.24, 2.45) is 0 Å². The maximum absolute atomic E-state index is 13.4. The minimum atomic E-state index is -1.08. The molecule has 0 saturated carbocycles. The summed E-state index contributed by atoms with van der Waals surface area (Å²) in [5.74, 6) is -3.48. The molecule has 0 N–H and O–H groups in total. The minimum absolute atomic E-state index is 0.0437. The van der Waals surface area contributed by atoms with Crippen LogP contribution in [0.5, 0.6) is 0 Å². The SMILES string of the molecule is O=C(CN(C(=O)c1ccccc1Cl)N1C(=O)c2cccc([N+](=O)[O-])c2C1=O)c1ccccc1. The molecule has 164 valence electrons. The van der Waals surface area contributed by atoms with Gasteiger partial charge in [-0.1, -0.05) is 60.1 Å². The number of carbonyl (C=O) groups is 4. The molecule has 1 aliphatic rings. The lowest BCUT2D eigenvalue weighted by Crippen LogP contribution is -2.51. The predicted molar refractivity (Wildman–Crippen MR) is 117 cm³/mol. The number of benzene rings is 3. The second-order valence-corrected chi connectivity index (χ2v) is 7.42. The number of nitrogens with zero attached hydrogens (tertiary/aromatic N) is 3. The Morgan fingerprint density at radius 3 is 2.24 bits per heavy atom. The van der Waals surface area contributed by atoms with E-state index in [-0.39, 0.29) is 21.7 Å². The van der Waals surface area contributed by atoms with Gasteiger partial charge in [-0.3, -0.25) is 29.3 Å². The van der Waals surface area contributed by atoms with Crippen LogP contribution < -0.4 is 0 Å². The van der Waals surface area contributed by atoms with Gasteiger partial charge in [-0.2, -0.15) is 5.01 Å². The van der Waals surface area contributed by atoms with Gasteiger partial charge in [0, 0.05) is 11.6 Å². The molecule has 1 aliphatic heterocycles. The number of amides is 3. The molecular weight excluding hydrogens is 450 g/mol. The van der Waals surface area contributed by atoms with Gasteiger partial charge < -0.3 is 0 Å². The molecule has 0 bridgehead atoms. The number of hydrogen-bond donors (Lipinski definition) is 0. The fourth-order valence-electron chi connectivity index (χ4n) is 3.49.